The summed E-state index contributed by atoms with van der Waals surface area (Å²) in [5.41, 5.74) is 2.38. The van der Waals surface area contributed by atoms with Crippen molar-refractivity contribution in [2.45, 2.75) is 52.3 Å². The fraction of sp³-hybridized carbons (Fsp3) is 0.769. The van der Waals surface area contributed by atoms with Crippen LogP contribution in [0.4, 0.5) is 0 Å². The first-order valence-electron chi connectivity index (χ1n) is 6.51. The molecule has 0 spiro atoms. The highest BCUT2D eigenvalue weighted by Crippen LogP contribution is 2.23. The zero-order valence-corrected chi connectivity index (χ0v) is 11.1. The van der Waals surface area contributed by atoms with Crippen molar-refractivity contribution in [3.8, 4) is 0 Å². The lowest BCUT2D eigenvalue weighted by molar-refractivity contribution is 0.0205. The third-order valence-electron chi connectivity index (χ3n) is 3.39. The molecule has 0 aromatic carbocycles. The number of aryl methyl sites for hydroxylation is 2. The van der Waals surface area contributed by atoms with Gasteiger partial charge >= 0.3 is 0 Å². The Balaban J connectivity index is 1.85. The number of hydrogen-bond donors (Lipinski definition) is 1. The molecule has 1 aromatic rings. The van der Waals surface area contributed by atoms with Crippen molar-refractivity contribution >= 4 is 0 Å². The Morgan fingerprint density at radius 3 is 3.06 bits per heavy atom. The van der Waals surface area contributed by atoms with Gasteiger partial charge in [0.2, 0.25) is 0 Å². The average molecular weight is 237 g/mol. The Morgan fingerprint density at radius 2 is 2.41 bits per heavy atom. The summed E-state index contributed by atoms with van der Waals surface area (Å²) in [6, 6.07) is 2.15. The van der Waals surface area contributed by atoms with E-state index in [9.17, 15) is 0 Å². The number of hydrogen-bond acceptors (Lipinski definition) is 3. The largest absolute Gasteiger partial charge is 0.374 e. The smallest absolute Gasteiger partial charge is 0.0779 e. The first kappa shape index (κ1) is 12.6. The molecule has 0 amide bonds. The summed E-state index contributed by atoms with van der Waals surface area (Å²) in [4.78, 5) is 0. The predicted molar refractivity (Wildman–Crippen MR) is 67.9 cm³/mol. The number of aromatic nitrogens is 2. The van der Waals surface area contributed by atoms with Gasteiger partial charge in [-0.15, -0.1) is 0 Å². The summed E-state index contributed by atoms with van der Waals surface area (Å²) >= 11 is 0. The van der Waals surface area contributed by atoms with Crippen LogP contribution in [0.5, 0.6) is 0 Å². The van der Waals surface area contributed by atoms with Crippen LogP contribution >= 0.6 is 0 Å². The number of rotatable bonds is 5. The molecule has 1 unspecified atom stereocenters. The maximum Gasteiger partial charge on any atom is 0.0779 e. The molecule has 4 heteroatoms. The van der Waals surface area contributed by atoms with Crippen LogP contribution in [0.15, 0.2) is 6.07 Å². The zero-order valence-electron chi connectivity index (χ0n) is 11.1. The molecule has 1 atom stereocenters. The molecule has 1 aliphatic rings. The van der Waals surface area contributed by atoms with Crippen LogP contribution in [-0.4, -0.2) is 28.5 Å². The Morgan fingerprint density at radius 1 is 1.59 bits per heavy atom. The normalized spacial score (nSPS) is 24.4. The molecule has 4 nitrogen and oxygen atoms in total. The van der Waals surface area contributed by atoms with Crippen molar-refractivity contribution in [3.05, 3.63) is 17.5 Å². The molecular weight excluding hydrogens is 214 g/mol. The minimum atomic E-state index is 0.0338. The minimum Gasteiger partial charge on any atom is -0.374 e. The lowest BCUT2D eigenvalue weighted by Crippen LogP contribution is -2.37. The van der Waals surface area contributed by atoms with E-state index < -0.39 is 0 Å². The van der Waals surface area contributed by atoms with Crippen molar-refractivity contribution in [1.82, 2.24) is 15.1 Å². The van der Waals surface area contributed by atoms with Gasteiger partial charge in [0.05, 0.1) is 17.0 Å². The van der Waals surface area contributed by atoms with Crippen LogP contribution in [-0.2, 0) is 17.8 Å². The van der Waals surface area contributed by atoms with E-state index >= 15 is 0 Å². The molecule has 2 rings (SSSR count). The fourth-order valence-electron chi connectivity index (χ4n) is 2.45. The van der Waals surface area contributed by atoms with Gasteiger partial charge in [-0.1, -0.05) is 0 Å². The Bertz CT molecular complexity index is 367. The average Bonchev–Trinajstić information content (AvgIpc) is 2.86. The van der Waals surface area contributed by atoms with Crippen LogP contribution in [0, 0.1) is 6.92 Å². The van der Waals surface area contributed by atoms with Gasteiger partial charge in [-0.2, -0.15) is 5.10 Å². The van der Waals surface area contributed by atoms with E-state index in [2.05, 4.69) is 35.0 Å². The number of ether oxygens (including phenoxy) is 1. The van der Waals surface area contributed by atoms with Crippen molar-refractivity contribution in [2.24, 2.45) is 0 Å². The fourth-order valence-corrected chi connectivity index (χ4v) is 2.45. The van der Waals surface area contributed by atoms with E-state index in [1.807, 2.05) is 6.92 Å². The molecule has 1 saturated heterocycles. The van der Waals surface area contributed by atoms with Crippen LogP contribution in [0.25, 0.3) is 0 Å². The molecule has 1 aromatic heterocycles. The highest BCUT2D eigenvalue weighted by atomic mass is 16.5. The summed E-state index contributed by atoms with van der Waals surface area (Å²) in [6.07, 6.45) is 2.34. The first-order chi connectivity index (χ1) is 8.13. The summed E-state index contributed by atoms with van der Waals surface area (Å²) in [6.45, 7) is 9.97. The Labute approximate surface area is 103 Å². The second kappa shape index (κ2) is 5.19. The van der Waals surface area contributed by atoms with Gasteiger partial charge < -0.3 is 10.1 Å². The standard InChI is InChI=1S/C13H23N3O/c1-4-16-12(8-11(2)15-16)9-14-10-13(3)6-5-7-17-13/h8,14H,4-7,9-10H2,1-3H3. The highest BCUT2D eigenvalue weighted by molar-refractivity contribution is 5.08. The molecule has 2 heterocycles. The maximum atomic E-state index is 5.76. The van der Waals surface area contributed by atoms with E-state index in [1.54, 1.807) is 0 Å². The lowest BCUT2D eigenvalue weighted by Gasteiger charge is -2.23. The SMILES string of the molecule is CCn1nc(C)cc1CNCC1(C)CCCO1. The third kappa shape index (κ3) is 3.07. The summed E-state index contributed by atoms with van der Waals surface area (Å²) in [5.74, 6) is 0. The molecule has 1 N–H and O–H groups in total. The second-order valence-electron chi connectivity index (χ2n) is 5.10. The van der Waals surface area contributed by atoms with Crippen LogP contribution in [0.1, 0.15) is 38.1 Å². The summed E-state index contributed by atoms with van der Waals surface area (Å²) < 4.78 is 7.81. The quantitative estimate of drug-likeness (QED) is 0.849. The van der Waals surface area contributed by atoms with Gasteiger partial charge in [0.15, 0.2) is 0 Å². The van der Waals surface area contributed by atoms with Crippen LogP contribution in [0.3, 0.4) is 0 Å². The zero-order chi connectivity index (χ0) is 12.3. The molecule has 96 valence electrons. The maximum absolute atomic E-state index is 5.76. The van der Waals surface area contributed by atoms with Gasteiger partial charge in [-0.3, -0.25) is 4.68 Å². The molecule has 0 aliphatic carbocycles. The molecule has 0 radical (unpaired) electrons. The first-order valence-corrected chi connectivity index (χ1v) is 6.51. The van der Waals surface area contributed by atoms with E-state index in [0.717, 1.165) is 38.4 Å². The molecule has 0 saturated carbocycles. The van der Waals surface area contributed by atoms with E-state index in [0.29, 0.717) is 0 Å². The van der Waals surface area contributed by atoms with Crippen LogP contribution in [0.2, 0.25) is 0 Å². The number of nitrogens with one attached hydrogen (secondary N) is 1. The Hall–Kier alpha value is -0.870. The predicted octanol–water partition coefficient (Wildman–Crippen LogP) is 1.87. The molecular formula is C13H23N3O. The lowest BCUT2D eigenvalue weighted by atomic mass is 10.0. The molecule has 1 fully saturated rings. The minimum absolute atomic E-state index is 0.0338. The van der Waals surface area contributed by atoms with Crippen molar-refractivity contribution in [3.63, 3.8) is 0 Å². The molecule has 17 heavy (non-hydrogen) atoms. The number of nitrogens with zero attached hydrogens (tertiary/aromatic N) is 2. The second-order valence-corrected chi connectivity index (χ2v) is 5.10. The molecule has 0 bridgehead atoms. The molecule has 1 aliphatic heterocycles. The van der Waals surface area contributed by atoms with Crippen LogP contribution < -0.4 is 5.32 Å². The summed E-state index contributed by atoms with van der Waals surface area (Å²) in [5, 5.41) is 7.93. The van der Waals surface area contributed by atoms with Gasteiger partial charge in [-0.05, 0) is 39.7 Å². The van der Waals surface area contributed by atoms with Gasteiger partial charge in [-0.25, -0.2) is 0 Å². The van der Waals surface area contributed by atoms with Gasteiger partial charge in [0, 0.05) is 26.2 Å². The summed E-state index contributed by atoms with van der Waals surface area (Å²) in [7, 11) is 0. The highest BCUT2D eigenvalue weighted by Gasteiger charge is 2.29. The van der Waals surface area contributed by atoms with Crippen molar-refractivity contribution in [2.75, 3.05) is 13.2 Å². The monoisotopic (exact) mass is 237 g/mol. The van der Waals surface area contributed by atoms with E-state index in [1.165, 1.54) is 12.1 Å². The van der Waals surface area contributed by atoms with Crippen molar-refractivity contribution in [1.29, 1.82) is 0 Å². The third-order valence-corrected chi connectivity index (χ3v) is 3.39. The van der Waals surface area contributed by atoms with Gasteiger partial charge in [0.25, 0.3) is 0 Å². The van der Waals surface area contributed by atoms with E-state index in [4.69, 9.17) is 4.74 Å². The topological polar surface area (TPSA) is 39.1 Å². The van der Waals surface area contributed by atoms with E-state index in [-0.39, 0.29) is 5.60 Å². The van der Waals surface area contributed by atoms with Crippen molar-refractivity contribution < 1.29 is 4.74 Å². The van der Waals surface area contributed by atoms with Gasteiger partial charge in [0.1, 0.15) is 0 Å². The Kier molecular flexibility index (Phi) is 3.84.